The molecule has 5 rings (SSSR count). The summed E-state index contributed by atoms with van der Waals surface area (Å²) in [7, 11) is 1.59. The van der Waals surface area contributed by atoms with Crippen LogP contribution in [-0.4, -0.2) is 33.5 Å². The molecule has 2 heterocycles. The van der Waals surface area contributed by atoms with Crippen LogP contribution >= 0.6 is 11.8 Å². The van der Waals surface area contributed by atoms with Crippen molar-refractivity contribution in [2.45, 2.75) is 30.8 Å². The minimum atomic E-state index is -1.41. The van der Waals surface area contributed by atoms with Crippen LogP contribution < -0.4 is 0 Å². The van der Waals surface area contributed by atoms with Gasteiger partial charge in [-0.3, -0.25) is 0 Å². The average molecular weight is 553 g/mol. The number of halogens is 4. The molecule has 0 atom stereocenters. The highest BCUT2D eigenvalue weighted by Crippen LogP contribution is 2.35. The summed E-state index contributed by atoms with van der Waals surface area (Å²) in [5.74, 6) is -5.45. The summed E-state index contributed by atoms with van der Waals surface area (Å²) >= 11 is 0.951. The molecule has 0 unspecified atom stereocenters. The number of methoxy groups -OCH3 is 1. The predicted octanol–water partition coefficient (Wildman–Crippen LogP) is 7.35. The van der Waals surface area contributed by atoms with Crippen molar-refractivity contribution in [2.24, 2.45) is 0 Å². The maximum absolute atomic E-state index is 14.5. The largest absolute Gasteiger partial charge is 0.385 e. The topological polar surface area (TPSA) is 52.8 Å². The van der Waals surface area contributed by atoms with Gasteiger partial charge in [-0.05, 0) is 25.5 Å². The van der Waals surface area contributed by atoms with Crippen LogP contribution in [0, 0.1) is 30.2 Å². The van der Waals surface area contributed by atoms with Crippen molar-refractivity contribution in [2.75, 3.05) is 13.7 Å². The maximum Gasteiger partial charge on any atom is 0.191 e. The Balaban J connectivity index is 1.59. The van der Waals surface area contributed by atoms with Crippen molar-refractivity contribution in [3.8, 4) is 22.6 Å². The molecule has 39 heavy (non-hydrogen) atoms. The fourth-order valence-corrected chi connectivity index (χ4v) is 5.29. The Labute approximate surface area is 226 Å². The quantitative estimate of drug-likeness (QED) is 0.0828. The summed E-state index contributed by atoms with van der Waals surface area (Å²) in [6.45, 7) is 1.90. The van der Waals surface area contributed by atoms with Gasteiger partial charge in [-0.15, -0.1) is 10.2 Å². The van der Waals surface area contributed by atoms with Crippen molar-refractivity contribution in [1.29, 1.82) is 0 Å². The fourth-order valence-electron chi connectivity index (χ4n) is 4.33. The Hall–Kier alpha value is -3.76. The smallest absolute Gasteiger partial charge is 0.191 e. The number of nitrogens with zero attached hydrogens (tertiary/aromatic N) is 4. The summed E-state index contributed by atoms with van der Waals surface area (Å²) in [4.78, 5) is 4.83. The third-order valence-corrected chi connectivity index (χ3v) is 7.39. The molecule has 2 aromatic heterocycles. The lowest BCUT2D eigenvalue weighted by molar-refractivity contribution is 0.189. The SMILES string of the molecule is COCCCn1c(SCc2c(F)c(F)c(C)c(F)c2F)nnc1-c1cc(-c2ccccc2)nc2ccccc12. The van der Waals surface area contributed by atoms with Crippen LogP contribution in [0.2, 0.25) is 0 Å². The molecule has 200 valence electrons. The second kappa shape index (κ2) is 11.5. The molecule has 0 amide bonds. The van der Waals surface area contributed by atoms with E-state index in [1.807, 2.05) is 65.2 Å². The van der Waals surface area contributed by atoms with Crippen LogP contribution in [0.5, 0.6) is 0 Å². The molecule has 0 saturated heterocycles. The number of rotatable bonds is 9. The molecule has 0 aliphatic rings. The highest BCUT2D eigenvalue weighted by molar-refractivity contribution is 7.98. The third-order valence-electron chi connectivity index (χ3n) is 6.39. The van der Waals surface area contributed by atoms with E-state index >= 15 is 0 Å². The van der Waals surface area contributed by atoms with Crippen LogP contribution in [0.1, 0.15) is 17.5 Å². The lowest BCUT2D eigenvalue weighted by Crippen LogP contribution is -2.07. The molecule has 0 aliphatic heterocycles. The van der Waals surface area contributed by atoms with E-state index < -0.39 is 34.4 Å². The van der Waals surface area contributed by atoms with Gasteiger partial charge in [0, 0.05) is 53.7 Å². The molecule has 0 fully saturated rings. The van der Waals surface area contributed by atoms with Gasteiger partial charge in [0.15, 0.2) is 34.2 Å². The Kier molecular flexibility index (Phi) is 7.94. The lowest BCUT2D eigenvalue weighted by Gasteiger charge is -2.14. The molecule has 0 bridgehead atoms. The number of aromatic nitrogens is 4. The summed E-state index contributed by atoms with van der Waals surface area (Å²) in [6, 6.07) is 19.3. The van der Waals surface area contributed by atoms with Crippen LogP contribution in [0.25, 0.3) is 33.5 Å². The van der Waals surface area contributed by atoms with Crippen LogP contribution in [-0.2, 0) is 17.0 Å². The highest BCUT2D eigenvalue weighted by Gasteiger charge is 2.24. The fraction of sp³-hybridized carbons (Fsp3) is 0.207. The van der Waals surface area contributed by atoms with Gasteiger partial charge < -0.3 is 9.30 Å². The second-order valence-electron chi connectivity index (χ2n) is 8.89. The van der Waals surface area contributed by atoms with Crippen LogP contribution in [0.4, 0.5) is 17.6 Å². The minimum absolute atomic E-state index is 0.350. The Bertz CT molecular complexity index is 1610. The van der Waals surface area contributed by atoms with Gasteiger partial charge >= 0.3 is 0 Å². The molecular weight excluding hydrogens is 528 g/mol. The molecule has 0 saturated carbocycles. The first-order valence-electron chi connectivity index (χ1n) is 12.2. The number of ether oxygens (including phenoxy) is 1. The van der Waals surface area contributed by atoms with E-state index in [9.17, 15) is 17.6 Å². The Morgan fingerprint density at radius 3 is 2.28 bits per heavy atom. The van der Waals surface area contributed by atoms with Gasteiger partial charge in [0.1, 0.15) is 0 Å². The number of thioether (sulfide) groups is 1. The van der Waals surface area contributed by atoms with E-state index in [1.165, 1.54) is 0 Å². The monoisotopic (exact) mass is 552 g/mol. The predicted molar refractivity (Wildman–Crippen MR) is 143 cm³/mol. The first-order chi connectivity index (χ1) is 18.9. The number of hydrogen-bond acceptors (Lipinski definition) is 5. The van der Waals surface area contributed by atoms with E-state index in [2.05, 4.69) is 10.2 Å². The molecular formula is C29H24F4N4OS. The van der Waals surface area contributed by atoms with E-state index in [4.69, 9.17) is 9.72 Å². The number of benzene rings is 3. The second-order valence-corrected chi connectivity index (χ2v) is 9.83. The molecule has 5 aromatic rings. The van der Waals surface area contributed by atoms with Gasteiger partial charge in [-0.2, -0.15) is 0 Å². The summed E-state index contributed by atoms with van der Waals surface area (Å²) in [5.41, 5.74) is 1.85. The first kappa shape index (κ1) is 26.8. The molecule has 0 radical (unpaired) electrons. The van der Waals surface area contributed by atoms with Crippen molar-refractivity contribution in [3.63, 3.8) is 0 Å². The maximum atomic E-state index is 14.5. The average Bonchev–Trinajstić information content (AvgIpc) is 3.37. The van der Waals surface area contributed by atoms with E-state index in [0.717, 1.165) is 46.4 Å². The zero-order valence-electron chi connectivity index (χ0n) is 21.2. The summed E-state index contributed by atoms with van der Waals surface area (Å²) in [6.07, 6.45) is 0.611. The van der Waals surface area contributed by atoms with Gasteiger partial charge in [-0.1, -0.05) is 60.3 Å². The molecule has 0 aliphatic carbocycles. The Morgan fingerprint density at radius 2 is 1.56 bits per heavy atom. The zero-order chi connectivity index (χ0) is 27.5. The highest BCUT2D eigenvalue weighted by atomic mass is 32.2. The van der Waals surface area contributed by atoms with Gasteiger partial charge in [0.05, 0.1) is 11.2 Å². The van der Waals surface area contributed by atoms with Crippen molar-refractivity contribution >= 4 is 22.7 Å². The Morgan fingerprint density at radius 1 is 0.872 bits per heavy atom. The normalized spacial score (nSPS) is 11.4. The van der Waals surface area contributed by atoms with Crippen molar-refractivity contribution in [1.82, 2.24) is 19.7 Å². The molecule has 0 N–H and O–H groups in total. The summed E-state index contributed by atoms with van der Waals surface area (Å²) < 4.78 is 64.4. The standard InChI is InChI=1S/C29H24F4N4OS/c1-17-24(30)26(32)21(27(33)25(17)31)16-39-29-36-35-28(37(29)13-8-14-38-2)20-15-23(18-9-4-3-5-10-18)34-22-12-7-6-11-19(20)22/h3-7,9-12,15H,8,13-14,16H2,1-2H3. The van der Waals surface area contributed by atoms with Crippen LogP contribution in [0.15, 0.2) is 65.8 Å². The minimum Gasteiger partial charge on any atom is -0.385 e. The molecule has 0 spiro atoms. The third kappa shape index (κ3) is 5.26. The molecule has 10 heteroatoms. The zero-order valence-corrected chi connectivity index (χ0v) is 22.0. The number of para-hydroxylation sites is 1. The first-order valence-corrected chi connectivity index (χ1v) is 13.2. The van der Waals surface area contributed by atoms with Crippen molar-refractivity contribution in [3.05, 3.63) is 95.1 Å². The number of fused-ring (bicyclic) bond motifs is 1. The van der Waals surface area contributed by atoms with E-state index in [-0.39, 0.29) is 5.75 Å². The van der Waals surface area contributed by atoms with Gasteiger partial charge in [-0.25, -0.2) is 22.5 Å². The van der Waals surface area contributed by atoms with Gasteiger partial charge in [0.25, 0.3) is 0 Å². The van der Waals surface area contributed by atoms with Gasteiger partial charge in [0.2, 0.25) is 0 Å². The number of pyridine rings is 1. The molecule has 3 aromatic carbocycles. The van der Waals surface area contributed by atoms with Crippen molar-refractivity contribution < 1.29 is 22.3 Å². The number of hydrogen-bond donors (Lipinski definition) is 0. The van der Waals surface area contributed by atoms with E-state index in [0.29, 0.717) is 30.6 Å². The lowest BCUT2D eigenvalue weighted by atomic mass is 10.0. The molecule has 5 nitrogen and oxygen atoms in total. The summed E-state index contributed by atoms with van der Waals surface area (Å²) in [5, 5.41) is 9.95. The van der Waals surface area contributed by atoms with Crippen LogP contribution in [0.3, 0.4) is 0 Å². The van der Waals surface area contributed by atoms with E-state index in [1.54, 1.807) is 7.11 Å².